The molecule has 2 N–H and O–H groups in total. The molecule has 2 nitrogen and oxygen atoms in total. The minimum atomic E-state index is -0.184. The van der Waals surface area contributed by atoms with Gasteiger partial charge >= 0.3 is 0 Å². The zero-order valence-corrected chi connectivity index (χ0v) is 12.1. The van der Waals surface area contributed by atoms with E-state index in [0.29, 0.717) is 18.7 Å². The predicted molar refractivity (Wildman–Crippen MR) is 80.2 cm³/mol. The highest BCUT2D eigenvalue weighted by Crippen LogP contribution is 2.22. The van der Waals surface area contributed by atoms with E-state index in [2.05, 4.69) is 11.4 Å². The fraction of sp³-hybridized carbons (Fsp3) is 0.333. The molecule has 1 heterocycles. The minimum Gasteiger partial charge on any atom is -0.368 e. The first-order chi connectivity index (χ1) is 9.06. The molecule has 0 bridgehead atoms. The Labute approximate surface area is 117 Å². The summed E-state index contributed by atoms with van der Waals surface area (Å²) < 4.78 is 14.1. The zero-order chi connectivity index (χ0) is 13.8. The van der Waals surface area contributed by atoms with Crippen molar-refractivity contribution in [2.45, 2.75) is 25.9 Å². The molecule has 1 aromatic heterocycles. The van der Waals surface area contributed by atoms with Gasteiger partial charge in [0.1, 0.15) is 5.82 Å². The second kappa shape index (κ2) is 6.17. The Morgan fingerprint density at radius 2 is 2.11 bits per heavy atom. The lowest BCUT2D eigenvalue weighted by Gasteiger charge is -2.20. The van der Waals surface area contributed by atoms with Crippen molar-refractivity contribution in [3.05, 3.63) is 52.0 Å². The molecular weight excluding hydrogens is 259 g/mol. The number of halogens is 1. The van der Waals surface area contributed by atoms with Gasteiger partial charge in [-0.2, -0.15) is 11.3 Å². The van der Waals surface area contributed by atoms with Crippen molar-refractivity contribution in [1.82, 2.24) is 0 Å². The maximum Gasteiger partial charge on any atom is 0.146 e. The van der Waals surface area contributed by atoms with Crippen LogP contribution in [0.1, 0.15) is 18.1 Å². The highest BCUT2D eigenvalue weighted by Gasteiger charge is 2.10. The van der Waals surface area contributed by atoms with Gasteiger partial charge in [-0.05, 0) is 53.4 Å². The van der Waals surface area contributed by atoms with E-state index in [4.69, 9.17) is 5.73 Å². The molecule has 0 saturated carbocycles. The molecule has 2 rings (SSSR count). The maximum absolute atomic E-state index is 14.1. The maximum atomic E-state index is 14.1. The van der Waals surface area contributed by atoms with E-state index in [0.717, 1.165) is 5.56 Å². The minimum absolute atomic E-state index is 0.0498. The number of nitrogens with two attached hydrogens (primary N) is 1. The molecule has 0 spiro atoms. The summed E-state index contributed by atoms with van der Waals surface area (Å²) in [5.74, 6) is -0.184. The van der Waals surface area contributed by atoms with E-state index in [1.807, 2.05) is 36.4 Å². The highest BCUT2D eigenvalue weighted by molar-refractivity contribution is 7.07. The number of nitrogens with zero attached hydrogens (tertiary/aromatic N) is 1. The standard InChI is InChI=1S/C15H19FN2S/c1-11(17)7-12-3-4-15(14(16)8-12)18(2)9-13-5-6-19-10-13/h3-6,8,10-11H,7,9,17H2,1-2H3. The SMILES string of the molecule is CC(N)Cc1ccc(N(C)Cc2ccsc2)c(F)c1. The molecule has 1 unspecified atom stereocenters. The van der Waals surface area contributed by atoms with Gasteiger partial charge in [-0.25, -0.2) is 4.39 Å². The quantitative estimate of drug-likeness (QED) is 0.908. The number of thiophene rings is 1. The molecule has 0 radical (unpaired) electrons. The van der Waals surface area contributed by atoms with Crippen LogP contribution in [0.4, 0.5) is 10.1 Å². The Bertz CT molecular complexity index is 523. The van der Waals surface area contributed by atoms with Gasteiger partial charge in [-0.1, -0.05) is 6.07 Å². The van der Waals surface area contributed by atoms with Crippen molar-refractivity contribution in [1.29, 1.82) is 0 Å². The Kier molecular flexibility index (Phi) is 4.56. The average Bonchev–Trinajstić information content (AvgIpc) is 2.80. The summed E-state index contributed by atoms with van der Waals surface area (Å²) in [7, 11) is 1.90. The van der Waals surface area contributed by atoms with E-state index in [1.165, 1.54) is 5.56 Å². The number of benzene rings is 1. The van der Waals surface area contributed by atoms with Crippen molar-refractivity contribution in [3.8, 4) is 0 Å². The number of rotatable bonds is 5. The van der Waals surface area contributed by atoms with E-state index in [1.54, 1.807) is 17.4 Å². The number of hydrogen-bond acceptors (Lipinski definition) is 3. The lowest BCUT2D eigenvalue weighted by molar-refractivity contribution is 0.617. The Balaban J connectivity index is 2.11. The Hall–Kier alpha value is -1.39. The van der Waals surface area contributed by atoms with Crippen molar-refractivity contribution < 1.29 is 4.39 Å². The van der Waals surface area contributed by atoms with Crippen molar-refractivity contribution in [3.63, 3.8) is 0 Å². The van der Waals surface area contributed by atoms with Gasteiger partial charge in [-0.3, -0.25) is 0 Å². The van der Waals surface area contributed by atoms with Crippen molar-refractivity contribution in [2.24, 2.45) is 5.73 Å². The van der Waals surface area contributed by atoms with E-state index < -0.39 is 0 Å². The summed E-state index contributed by atoms with van der Waals surface area (Å²) >= 11 is 1.66. The fourth-order valence-corrected chi connectivity index (χ4v) is 2.76. The first-order valence-corrected chi connectivity index (χ1v) is 7.27. The van der Waals surface area contributed by atoms with E-state index in [-0.39, 0.29) is 11.9 Å². The first kappa shape index (κ1) is 14.0. The fourth-order valence-electron chi connectivity index (χ4n) is 2.10. The molecule has 4 heteroatoms. The van der Waals surface area contributed by atoms with E-state index in [9.17, 15) is 4.39 Å². The molecule has 19 heavy (non-hydrogen) atoms. The Morgan fingerprint density at radius 1 is 1.32 bits per heavy atom. The first-order valence-electron chi connectivity index (χ1n) is 6.32. The summed E-state index contributed by atoms with van der Waals surface area (Å²) in [6.45, 7) is 2.64. The second-order valence-corrected chi connectivity index (χ2v) is 5.73. The molecule has 0 aliphatic rings. The lowest BCUT2D eigenvalue weighted by atomic mass is 10.1. The van der Waals surface area contributed by atoms with Gasteiger partial charge in [-0.15, -0.1) is 0 Å². The molecule has 1 atom stereocenters. The van der Waals surface area contributed by atoms with Gasteiger partial charge in [0.25, 0.3) is 0 Å². The molecule has 2 aromatic rings. The van der Waals surface area contributed by atoms with Gasteiger partial charge in [0.2, 0.25) is 0 Å². The molecule has 0 fully saturated rings. The molecule has 0 amide bonds. The van der Waals surface area contributed by atoms with Crippen LogP contribution in [-0.2, 0) is 13.0 Å². The molecule has 0 aliphatic carbocycles. The second-order valence-electron chi connectivity index (χ2n) is 4.95. The van der Waals surface area contributed by atoms with E-state index >= 15 is 0 Å². The van der Waals surface area contributed by atoms with Gasteiger partial charge in [0.15, 0.2) is 0 Å². The molecule has 102 valence electrons. The third-order valence-electron chi connectivity index (χ3n) is 2.98. The van der Waals surface area contributed by atoms with Crippen LogP contribution in [0, 0.1) is 5.82 Å². The molecule has 0 saturated heterocycles. The summed E-state index contributed by atoms with van der Waals surface area (Å²) in [5, 5.41) is 4.12. The summed E-state index contributed by atoms with van der Waals surface area (Å²) in [5.41, 5.74) is 8.50. The summed E-state index contributed by atoms with van der Waals surface area (Å²) in [6.07, 6.45) is 0.700. The van der Waals surface area contributed by atoms with Crippen LogP contribution in [0.15, 0.2) is 35.0 Å². The topological polar surface area (TPSA) is 29.3 Å². The lowest BCUT2D eigenvalue weighted by Crippen LogP contribution is -2.19. The number of hydrogen-bond donors (Lipinski definition) is 1. The van der Waals surface area contributed by atoms with Crippen LogP contribution in [0.5, 0.6) is 0 Å². The predicted octanol–water partition coefficient (Wildman–Crippen LogP) is 3.41. The van der Waals surface area contributed by atoms with Crippen molar-refractivity contribution >= 4 is 17.0 Å². The third kappa shape index (κ3) is 3.78. The van der Waals surface area contributed by atoms with Gasteiger partial charge in [0.05, 0.1) is 5.69 Å². The molecule has 0 aliphatic heterocycles. The van der Waals surface area contributed by atoms with Crippen LogP contribution in [0.3, 0.4) is 0 Å². The Morgan fingerprint density at radius 3 is 2.68 bits per heavy atom. The average molecular weight is 278 g/mol. The zero-order valence-electron chi connectivity index (χ0n) is 11.3. The molecular formula is C15H19FN2S. The highest BCUT2D eigenvalue weighted by atomic mass is 32.1. The monoisotopic (exact) mass is 278 g/mol. The van der Waals surface area contributed by atoms with Crippen LogP contribution in [0.2, 0.25) is 0 Å². The van der Waals surface area contributed by atoms with Crippen LogP contribution < -0.4 is 10.6 Å². The van der Waals surface area contributed by atoms with Crippen molar-refractivity contribution in [2.75, 3.05) is 11.9 Å². The largest absolute Gasteiger partial charge is 0.368 e. The summed E-state index contributed by atoms with van der Waals surface area (Å²) in [6, 6.07) is 7.48. The normalized spacial score (nSPS) is 12.4. The number of anilines is 1. The summed E-state index contributed by atoms with van der Waals surface area (Å²) in [4.78, 5) is 1.92. The molecule has 1 aromatic carbocycles. The van der Waals surface area contributed by atoms with Gasteiger partial charge in [0, 0.05) is 19.6 Å². The van der Waals surface area contributed by atoms with Crippen LogP contribution >= 0.6 is 11.3 Å². The van der Waals surface area contributed by atoms with Crippen LogP contribution in [0.25, 0.3) is 0 Å². The van der Waals surface area contributed by atoms with Crippen LogP contribution in [-0.4, -0.2) is 13.1 Å². The smallest absolute Gasteiger partial charge is 0.146 e. The third-order valence-corrected chi connectivity index (χ3v) is 3.71. The van der Waals surface area contributed by atoms with Gasteiger partial charge < -0.3 is 10.6 Å².